The minimum absolute atomic E-state index is 1.09. The number of rotatable bonds is 1. The Morgan fingerprint density at radius 2 is 1.67 bits per heavy atom. The zero-order chi connectivity index (χ0) is 11.4. The van der Waals surface area contributed by atoms with Crippen LogP contribution >= 0.6 is 0 Å². The molecule has 1 N–H and O–H groups in total. The van der Waals surface area contributed by atoms with E-state index < -0.39 is 0 Å². The van der Waals surface area contributed by atoms with Crippen LogP contribution in [0.3, 0.4) is 0 Å². The number of nitrogens with zero attached hydrogens (tertiary/aromatic N) is 2. The van der Waals surface area contributed by atoms with Crippen molar-refractivity contribution in [3.05, 3.63) is 23.8 Å². The van der Waals surface area contributed by atoms with Gasteiger partial charge >= 0.3 is 0 Å². The molecule has 0 bridgehead atoms. The Hall–Kier alpha value is -1.22. The Morgan fingerprint density at radius 1 is 1.07 bits per heavy atom. The fraction of sp³-hybridized carbons (Fsp3) is 0.500. The van der Waals surface area contributed by atoms with E-state index >= 15 is 0 Å². The van der Waals surface area contributed by atoms with Crippen molar-refractivity contribution in [1.29, 1.82) is 0 Å². The van der Waals surface area contributed by atoms with Gasteiger partial charge in [0.15, 0.2) is 0 Å². The zero-order valence-corrected chi connectivity index (χ0v) is 10.3. The standard InChI is InChI=1S/C10H15N3.C2H6/c1-4-8-5-6-9-10(7-8)13(3)11-12(9)2;1-2/h5-7,11H,4H2,1-3H3;1-2H3. The van der Waals surface area contributed by atoms with E-state index in [2.05, 4.69) is 30.7 Å². The lowest BCUT2D eigenvalue weighted by molar-refractivity contribution is 0.709. The molecule has 1 aliphatic heterocycles. The van der Waals surface area contributed by atoms with E-state index in [9.17, 15) is 0 Å². The topological polar surface area (TPSA) is 18.5 Å². The lowest BCUT2D eigenvalue weighted by atomic mass is 10.1. The van der Waals surface area contributed by atoms with Crippen LogP contribution in [0.4, 0.5) is 11.4 Å². The summed E-state index contributed by atoms with van der Waals surface area (Å²) < 4.78 is 0. The van der Waals surface area contributed by atoms with Gasteiger partial charge in [0.2, 0.25) is 0 Å². The predicted octanol–water partition coefficient (Wildman–Crippen LogP) is 2.58. The molecule has 0 saturated heterocycles. The van der Waals surface area contributed by atoms with E-state index in [0.717, 1.165) is 6.42 Å². The van der Waals surface area contributed by atoms with Gasteiger partial charge in [-0.1, -0.05) is 26.8 Å². The average Bonchev–Trinajstić information content (AvgIpc) is 2.57. The molecule has 1 aliphatic rings. The summed E-state index contributed by atoms with van der Waals surface area (Å²) in [5.41, 5.74) is 7.07. The molecule has 3 heteroatoms. The molecule has 0 spiro atoms. The summed E-state index contributed by atoms with van der Waals surface area (Å²) in [6, 6.07) is 6.56. The van der Waals surface area contributed by atoms with Crippen LogP contribution in [0.5, 0.6) is 0 Å². The minimum Gasteiger partial charge on any atom is -0.292 e. The van der Waals surface area contributed by atoms with Crippen LogP contribution in [0.15, 0.2) is 18.2 Å². The molecule has 1 aromatic carbocycles. The minimum atomic E-state index is 1.09. The van der Waals surface area contributed by atoms with Crippen molar-refractivity contribution in [2.45, 2.75) is 27.2 Å². The van der Waals surface area contributed by atoms with Crippen molar-refractivity contribution >= 4 is 11.4 Å². The third-order valence-electron chi connectivity index (χ3n) is 2.47. The third kappa shape index (κ3) is 2.23. The molecule has 0 aliphatic carbocycles. The first-order valence-corrected chi connectivity index (χ1v) is 5.59. The van der Waals surface area contributed by atoms with Crippen molar-refractivity contribution in [3.63, 3.8) is 0 Å². The van der Waals surface area contributed by atoms with Gasteiger partial charge in [0, 0.05) is 14.1 Å². The maximum Gasteiger partial charge on any atom is 0.0784 e. The smallest absolute Gasteiger partial charge is 0.0784 e. The third-order valence-corrected chi connectivity index (χ3v) is 2.47. The highest BCUT2D eigenvalue weighted by Gasteiger charge is 2.19. The van der Waals surface area contributed by atoms with Crippen LogP contribution in [-0.4, -0.2) is 14.1 Å². The van der Waals surface area contributed by atoms with Gasteiger partial charge in [0.25, 0.3) is 0 Å². The second kappa shape index (κ2) is 5.03. The Kier molecular flexibility index (Phi) is 3.97. The molecule has 84 valence electrons. The Bertz CT molecular complexity index is 323. The van der Waals surface area contributed by atoms with Gasteiger partial charge in [-0.2, -0.15) is 0 Å². The Morgan fingerprint density at radius 3 is 2.27 bits per heavy atom. The van der Waals surface area contributed by atoms with Gasteiger partial charge in [-0.3, -0.25) is 10.0 Å². The van der Waals surface area contributed by atoms with E-state index in [4.69, 9.17) is 0 Å². The van der Waals surface area contributed by atoms with Crippen LogP contribution in [0, 0.1) is 0 Å². The number of hydrazine groups is 2. The molecule has 0 fully saturated rings. The van der Waals surface area contributed by atoms with Crippen LogP contribution in [-0.2, 0) is 6.42 Å². The first-order chi connectivity index (χ1) is 7.22. The second-order valence-corrected chi connectivity index (χ2v) is 3.39. The van der Waals surface area contributed by atoms with Crippen molar-refractivity contribution in [2.75, 3.05) is 24.1 Å². The summed E-state index contributed by atoms with van der Waals surface area (Å²) in [5, 5.41) is 4.06. The zero-order valence-electron chi connectivity index (χ0n) is 10.3. The maximum absolute atomic E-state index is 3.20. The molecule has 3 nitrogen and oxygen atoms in total. The molecule has 0 amide bonds. The van der Waals surface area contributed by atoms with Crippen LogP contribution < -0.4 is 15.6 Å². The van der Waals surface area contributed by atoms with Gasteiger partial charge in [0.05, 0.1) is 11.4 Å². The van der Waals surface area contributed by atoms with E-state index in [1.165, 1.54) is 16.9 Å². The van der Waals surface area contributed by atoms with Crippen LogP contribution in [0.25, 0.3) is 0 Å². The lowest BCUT2D eigenvalue weighted by Gasteiger charge is -2.13. The Labute approximate surface area is 92.6 Å². The van der Waals surface area contributed by atoms with E-state index in [0.29, 0.717) is 0 Å². The number of fused-ring (bicyclic) bond motifs is 1. The van der Waals surface area contributed by atoms with Crippen molar-refractivity contribution in [3.8, 4) is 0 Å². The highest BCUT2D eigenvalue weighted by atomic mass is 15.8. The normalized spacial score (nSPS) is 13.4. The average molecular weight is 207 g/mol. The molecule has 0 atom stereocenters. The molecular weight excluding hydrogens is 186 g/mol. The number of nitrogens with one attached hydrogen (secondary N) is 1. The molecule has 1 heterocycles. The summed E-state index contributed by atoms with van der Waals surface area (Å²) in [4.78, 5) is 0. The molecule has 0 radical (unpaired) electrons. The fourth-order valence-corrected chi connectivity index (χ4v) is 1.67. The van der Waals surface area contributed by atoms with E-state index in [-0.39, 0.29) is 0 Å². The predicted molar refractivity (Wildman–Crippen MR) is 67.1 cm³/mol. The molecule has 0 aromatic heterocycles. The van der Waals surface area contributed by atoms with Crippen molar-refractivity contribution < 1.29 is 0 Å². The van der Waals surface area contributed by atoms with Crippen molar-refractivity contribution in [1.82, 2.24) is 5.53 Å². The van der Waals surface area contributed by atoms with Gasteiger partial charge < -0.3 is 0 Å². The number of hydrogen-bond acceptors (Lipinski definition) is 3. The van der Waals surface area contributed by atoms with Crippen molar-refractivity contribution in [2.24, 2.45) is 0 Å². The van der Waals surface area contributed by atoms with Crippen LogP contribution in [0.2, 0.25) is 0 Å². The highest BCUT2D eigenvalue weighted by molar-refractivity contribution is 5.74. The molecule has 0 saturated carbocycles. The van der Waals surface area contributed by atoms with Gasteiger partial charge in [-0.05, 0) is 24.1 Å². The van der Waals surface area contributed by atoms with E-state index in [1.54, 1.807) is 0 Å². The summed E-state index contributed by atoms with van der Waals surface area (Å²) >= 11 is 0. The Balaban J connectivity index is 0.000000531. The first-order valence-electron chi connectivity index (χ1n) is 5.59. The summed E-state index contributed by atoms with van der Waals surface area (Å²) in [6.07, 6.45) is 1.09. The number of aryl methyl sites for hydroxylation is 1. The molecule has 2 rings (SSSR count). The number of hydrogen-bond donors (Lipinski definition) is 1. The summed E-state index contributed by atoms with van der Waals surface area (Å²) in [6.45, 7) is 6.17. The molecule has 1 aromatic rings. The van der Waals surface area contributed by atoms with Crippen LogP contribution in [0.1, 0.15) is 26.3 Å². The summed E-state index contributed by atoms with van der Waals surface area (Å²) in [5.74, 6) is 0. The molecule has 0 unspecified atom stereocenters. The van der Waals surface area contributed by atoms with E-state index in [1.807, 2.05) is 38.0 Å². The quantitative estimate of drug-likeness (QED) is 0.763. The second-order valence-electron chi connectivity index (χ2n) is 3.39. The fourth-order valence-electron chi connectivity index (χ4n) is 1.67. The maximum atomic E-state index is 3.20. The largest absolute Gasteiger partial charge is 0.292 e. The lowest BCUT2D eigenvalue weighted by Crippen LogP contribution is -2.39. The SMILES string of the molecule is CC.CCc1ccc2c(c1)N(C)NN2C. The highest BCUT2D eigenvalue weighted by Crippen LogP contribution is 2.31. The number of anilines is 2. The first kappa shape index (κ1) is 11.9. The monoisotopic (exact) mass is 207 g/mol. The summed E-state index contributed by atoms with van der Waals surface area (Å²) in [7, 11) is 4.05. The molecular formula is C12H21N3. The van der Waals surface area contributed by atoms with Gasteiger partial charge in [0.1, 0.15) is 0 Å². The molecule has 15 heavy (non-hydrogen) atoms. The number of benzene rings is 1. The van der Waals surface area contributed by atoms with Gasteiger partial charge in [-0.15, -0.1) is 5.53 Å². The van der Waals surface area contributed by atoms with Gasteiger partial charge in [-0.25, -0.2) is 0 Å².